The summed E-state index contributed by atoms with van der Waals surface area (Å²) in [4.78, 5) is 49.4. The number of nitrogens with zero attached hydrogens (tertiary/aromatic N) is 2. The first-order valence-corrected chi connectivity index (χ1v) is 16.7. The Morgan fingerprint density at radius 1 is 0.688 bits per heavy atom. The lowest BCUT2D eigenvalue weighted by molar-refractivity contribution is -0.125. The van der Waals surface area contributed by atoms with Gasteiger partial charge in [-0.3, -0.25) is 14.4 Å². The molecule has 3 aliphatic heterocycles. The van der Waals surface area contributed by atoms with Gasteiger partial charge in [0.15, 0.2) is 11.6 Å². The van der Waals surface area contributed by atoms with Gasteiger partial charge in [0.05, 0.1) is 18.5 Å². The molecule has 1 unspecified atom stereocenters. The van der Waals surface area contributed by atoms with Crippen molar-refractivity contribution in [2.75, 3.05) is 4.90 Å². The number of Topliss-reactive ketones (excluding diaryl/α,β-unsaturated/α-hetero) is 2. The highest BCUT2D eigenvalue weighted by molar-refractivity contribution is 6.32. The van der Waals surface area contributed by atoms with Gasteiger partial charge in [-0.25, -0.2) is 0 Å². The van der Waals surface area contributed by atoms with Gasteiger partial charge in [0.25, 0.3) is 0 Å². The highest BCUT2D eigenvalue weighted by Crippen LogP contribution is 2.64. The van der Waals surface area contributed by atoms with Crippen molar-refractivity contribution in [1.82, 2.24) is 4.90 Å². The van der Waals surface area contributed by atoms with Crippen LogP contribution in [0.5, 0.6) is 0 Å². The normalized spacial score (nSPS) is 22.1. The van der Waals surface area contributed by atoms with E-state index in [2.05, 4.69) is 0 Å². The van der Waals surface area contributed by atoms with Crippen LogP contribution in [0.3, 0.4) is 0 Å². The lowest BCUT2D eigenvalue weighted by Gasteiger charge is -2.38. The van der Waals surface area contributed by atoms with Crippen LogP contribution < -0.4 is 4.90 Å². The maximum atomic E-state index is 15.6. The number of hydrogen-bond donors (Lipinski definition) is 0. The number of carbonyl (C=O) groups excluding carboxylic acids is 3. The number of fused-ring (bicyclic) bond motifs is 6. The monoisotopic (exact) mass is 688 g/mol. The highest BCUT2D eigenvalue weighted by Gasteiger charge is 2.72. The summed E-state index contributed by atoms with van der Waals surface area (Å²) < 4.78 is 0. The van der Waals surface area contributed by atoms with E-state index in [0.29, 0.717) is 37.4 Å². The Morgan fingerprint density at radius 2 is 1.29 bits per heavy atom. The third kappa shape index (κ3) is 4.64. The predicted molar refractivity (Wildman–Crippen MR) is 190 cm³/mol. The van der Waals surface area contributed by atoms with Gasteiger partial charge in [-0.1, -0.05) is 89.4 Å². The van der Waals surface area contributed by atoms with E-state index in [4.69, 9.17) is 34.8 Å². The molecule has 48 heavy (non-hydrogen) atoms. The zero-order valence-corrected chi connectivity index (χ0v) is 27.7. The van der Waals surface area contributed by atoms with Crippen molar-refractivity contribution < 1.29 is 14.4 Å². The summed E-state index contributed by atoms with van der Waals surface area (Å²) in [7, 11) is 0. The number of hydrogen-bond acceptors (Lipinski definition) is 4. The second-order valence-corrected chi connectivity index (χ2v) is 13.7. The minimum atomic E-state index is -1.53. The number of anilines is 1. The van der Waals surface area contributed by atoms with E-state index in [-0.39, 0.29) is 24.0 Å². The molecule has 0 saturated carbocycles. The topological polar surface area (TPSA) is 57.7 Å². The Bertz CT molecular complexity index is 2130. The smallest absolute Gasteiger partial charge is 0.241 e. The van der Waals surface area contributed by atoms with Gasteiger partial charge in [-0.2, -0.15) is 0 Å². The molecule has 0 bridgehead atoms. The minimum Gasteiger partial charge on any atom is -0.358 e. The van der Waals surface area contributed by atoms with Crippen molar-refractivity contribution in [1.29, 1.82) is 0 Å². The molecule has 5 aromatic rings. The van der Waals surface area contributed by atoms with E-state index < -0.39 is 23.4 Å². The molecule has 4 atom stereocenters. The molecule has 1 amide bonds. The largest absolute Gasteiger partial charge is 0.358 e. The molecule has 1 spiro atoms. The van der Waals surface area contributed by atoms with Crippen molar-refractivity contribution in [2.24, 2.45) is 5.92 Å². The van der Waals surface area contributed by atoms with Crippen LogP contribution in [0.2, 0.25) is 15.1 Å². The van der Waals surface area contributed by atoms with Gasteiger partial charge in [-0.15, -0.1) is 0 Å². The highest BCUT2D eigenvalue weighted by atomic mass is 35.5. The first-order chi connectivity index (χ1) is 23.3. The number of rotatable bonds is 6. The quantitative estimate of drug-likeness (QED) is 0.167. The molecule has 5 aromatic carbocycles. The second-order valence-electron chi connectivity index (χ2n) is 12.4. The van der Waals surface area contributed by atoms with E-state index >= 15 is 9.59 Å². The average Bonchev–Trinajstić information content (AvgIpc) is 3.54. The fourth-order valence-electron chi connectivity index (χ4n) is 7.88. The van der Waals surface area contributed by atoms with Crippen LogP contribution in [-0.4, -0.2) is 28.4 Å². The molecule has 1 fully saturated rings. The number of benzene rings is 5. The summed E-state index contributed by atoms with van der Waals surface area (Å²) in [6.07, 6.45) is 3.80. The summed E-state index contributed by atoms with van der Waals surface area (Å²) in [6, 6.07) is 34.5. The molecule has 0 aliphatic carbocycles. The molecule has 1 saturated heterocycles. The molecule has 8 heteroatoms. The maximum absolute atomic E-state index is 15.6. The first kappa shape index (κ1) is 30.6. The van der Waals surface area contributed by atoms with E-state index in [9.17, 15) is 4.79 Å². The third-order valence-corrected chi connectivity index (χ3v) is 10.6. The number of amides is 1. The number of ketones is 2. The van der Waals surface area contributed by atoms with E-state index in [1.165, 1.54) is 0 Å². The van der Waals surface area contributed by atoms with Gasteiger partial charge in [0.2, 0.25) is 5.91 Å². The van der Waals surface area contributed by atoms with Crippen LogP contribution in [0, 0.1) is 5.92 Å². The van der Waals surface area contributed by atoms with Gasteiger partial charge >= 0.3 is 0 Å². The maximum Gasteiger partial charge on any atom is 0.241 e. The van der Waals surface area contributed by atoms with Crippen molar-refractivity contribution in [3.05, 3.63) is 176 Å². The molecular formula is C40H27Cl3N2O3. The molecule has 0 aromatic heterocycles. The molecule has 0 radical (unpaired) electrons. The summed E-state index contributed by atoms with van der Waals surface area (Å²) in [5.41, 5.74) is 3.18. The van der Waals surface area contributed by atoms with Gasteiger partial charge in [-0.05, 0) is 95.1 Å². The Labute approximate surface area is 293 Å². The summed E-state index contributed by atoms with van der Waals surface area (Å²) in [5.74, 6) is -2.03. The van der Waals surface area contributed by atoms with Crippen LogP contribution in [0.25, 0.3) is 6.08 Å². The summed E-state index contributed by atoms with van der Waals surface area (Å²) in [6.45, 7) is 0.276. The van der Waals surface area contributed by atoms with Crippen LogP contribution in [0.1, 0.15) is 49.0 Å². The van der Waals surface area contributed by atoms with Gasteiger partial charge < -0.3 is 9.80 Å². The van der Waals surface area contributed by atoms with E-state index in [1.54, 1.807) is 65.6 Å². The fraction of sp³-hybridized carbons (Fsp3) is 0.125. The van der Waals surface area contributed by atoms with Gasteiger partial charge in [0.1, 0.15) is 11.5 Å². The molecule has 5 nitrogen and oxygen atoms in total. The fourth-order valence-corrected chi connectivity index (χ4v) is 8.30. The summed E-state index contributed by atoms with van der Waals surface area (Å²) >= 11 is 19.2. The van der Waals surface area contributed by atoms with Crippen LogP contribution in [0.4, 0.5) is 5.69 Å². The zero-order chi connectivity index (χ0) is 33.2. The van der Waals surface area contributed by atoms with Crippen LogP contribution >= 0.6 is 34.8 Å². The van der Waals surface area contributed by atoms with Crippen molar-refractivity contribution >= 4 is 64.0 Å². The molecule has 3 aliphatic rings. The number of carbonyl (C=O) groups is 3. The molecule has 8 rings (SSSR count). The minimum absolute atomic E-state index is 0.262. The third-order valence-electron chi connectivity index (χ3n) is 9.86. The Morgan fingerprint density at radius 3 is 1.98 bits per heavy atom. The molecule has 0 N–H and O–H groups in total. The lowest BCUT2D eigenvalue weighted by Crippen LogP contribution is -2.51. The van der Waals surface area contributed by atoms with Crippen molar-refractivity contribution in [2.45, 2.75) is 24.0 Å². The molecule has 3 heterocycles. The first-order valence-electron chi connectivity index (χ1n) is 15.6. The van der Waals surface area contributed by atoms with E-state index in [1.807, 2.05) is 77.8 Å². The Balaban J connectivity index is 1.43. The van der Waals surface area contributed by atoms with E-state index in [0.717, 1.165) is 16.7 Å². The van der Waals surface area contributed by atoms with Crippen LogP contribution in [-0.2, 0) is 16.8 Å². The zero-order valence-electron chi connectivity index (χ0n) is 25.4. The van der Waals surface area contributed by atoms with Gasteiger partial charge in [0, 0.05) is 38.1 Å². The second kappa shape index (κ2) is 11.8. The Kier molecular flexibility index (Phi) is 7.52. The standard InChI is InChI=1S/C40H27Cl3N2O3/c41-28-14-10-26(11-15-28)36(46)34-35(37(47)27-12-16-29(42)17-13-27)44-21-20-25-8-4-5-9-31(25)38(44)40(34)32-22-30(43)18-19-33(32)45(39(40)48)23-24-6-2-1-3-7-24/h1-22,34-35,38H,23H2/t34-,35-,38?,40-/m0/s1. The lowest BCUT2D eigenvalue weighted by atomic mass is 9.62. The Hall–Kier alpha value is -4.68. The molecular weight excluding hydrogens is 663 g/mol. The summed E-state index contributed by atoms with van der Waals surface area (Å²) in [5, 5.41) is 1.39. The number of halogens is 3. The van der Waals surface area contributed by atoms with Crippen molar-refractivity contribution in [3.8, 4) is 0 Å². The van der Waals surface area contributed by atoms with Crippen molar-refractivity contribution in [3.63, 3.8) is 0 Å². The molecule has 236 valence electrons. The SMILES string of the molecule is O=C(c1ccc(Cl)cc1)[C@@H]1[C@@H](C(=O)c2ccc(Cl)cc2)[C@]2(C(=O)N(Cc3ccccc3)c3ccc(Cl)cc32)C2c3ccccc3C=CN21. The predicted octanol–water partition coefficient (Wildman–Crippen LogP) is 9.22. The van der Waals surface area contributed by atoms with Crippen LogP contribution in [0.15, 0.2) is 128 Å². The average molecular weight is 690 g/mol.